The summed E-state index contributed by atoms with van der Waals surface area (Å²) in [5, 5.41) is 17.4. The van der Waals surface area contributed by atoms with Crippen molar-refractivity contribution in [3.8, 4) is 0 Å². The van der Waals surface area contributed by atoms with E-state index in [0.29, 0.717) is 0 Å². The first-order valence-electron chi connectivity index (χ1n) is 2.40. The number of ether oxygens (including phenoxy) is 1. The molecule has 4 heteroatoms. The van der Waals surface area contributed by atoms with Crippen LogP contribution in [0.2, 0.25) is 0 Å². The van der Waals surface area contributed by atoms with E-state index in [-0.39, 0.29) is 12.6 Å². The highest BCUT2D eigenvalue weighted by atomic mass is 16.8. The van der Waals surface area contributed by atoms with Crippen LogP contribution in [0.5, 0.6) is 0 Å². The van der Waals surface area contributed by atoms with E-state index in [4.69, 9.17) is 5.21 Å². The molecule has 0 amide bonds. The normalized spacial score (nSPS) is 18.0. The maximum absolute atomic E-state index is 10.0. The molecule has 0 aromatic rings. The van der Waals surface area contributed by atoms with Gasteiger partial charge in [-0.3, -0.25) is 0 Å². The molecule has 0 saturated heterocycles. The largest absolute Gasteiger partial charge is 0.600 e. The van der Waals surface area contributed by atoms with Crippen molar-refractivity contribution in [1.29, 1.82) is 0 Å². The maximum atomic E-state index is 10.0. The second-order valence-electron chi connectivity index (χ2n) is 1.69. The number of rotatable bonds is 3. The SMILES string of the molecule is COCC(C)[NH+]([O-])O. The minimum absolute atomic E-state index is 0.287. The van der Waals surface area contributed by atoms with Crippen molar-refractivity contribution in [2.75, 3.05) is 13.7 Å². The van der Waals surface area contributed by atoms with Crippen LogP contribution in [-0.2, 0) is 4.74 Å². The van der Waals surface area contributed by atoms with Gasteiger partial charge in [0.2, 0.25) is 0 Å². The van der Waals surface area contributed by atoms with Crippen molar-refractivity contribution < 1.29 is 15.2 Å². The summed E-state index contributed by atoms with van der Waals surface area (Å²) >= 11 is 0. The topological polar surface area (TPSA) is 57.0 Å². The average Bonchev–Trinajstić information content (AvgIpc) is 1.67. The molecule has 0 saturated carbocycles. The number of methoxy groups -OCH3 is 1. The van der Waals surface area contributed by atoms with Gasteiger partial charge in [-0.15, -0.1) is 0 Å². The molecule has 0 fully saturated rings. The van der Waals surface area contributed by atoms with Gasteiger partial charge in [-0.1, -0.05) is 0 Å². The van der Waals surface area contributed by atoms with E-state index in [1.807, 2.05) is 0 Å². The van der Waals surface area contributed by atoms with Crippen molar-refractivity contribution in [3.63, 3.8) is 0 Å². The Kier molecular flexibility index (Phi) is 3.72. The Balaban J connectivity index is 3.17. The molecule has 0 aliphatic rings. The fraction of sp³-hybridized carbons (Fsp3) is 1.00. The first-order chi connectivity index (χ1) is 3.68. The lowest BCUT2D eigenvalue weighted by Gasteiger charge is -2.18. The van der Waals surface area contributed by atoms with Crippen LogP contribution in [0.4, 0.5) is 0 Å². The summed E-state index contributed by atoms with van der Waals surface area (Å²) in [4.78, 5) is 0. The van der Waals surface area contributed by atoms with Crippen LogP contribution in [0, 0.1) is 5.21 Å². The molecule has 0 spiro atoms. The number of quaternary nitrogens is 1. The molecular formula is C4H11NO3. The monoisotopic (exact) mass is 121 g/mol. The van der Waals surface area contributed by atoms with E-state index in [0.717, 1.165) is 0 Å². The first-order valence-corrected chi connectivity index (χ1v) is 2.40. The molecule has 50 valence electrons. The molecule has 4 nitrogen and oxygen atoms in total. The van der Waals surface area contributed by atoms with Crippen molar-refractivity contribution in [2.24, 2.45) is 0 Å². The Bertz CT molecular complexity index is 57.2. The minimum Gasteiger partial charge on any atom is -0.600 e. The Labute approximate surface area is 48.2 Å². The van der Waals surface area contributed by atoms with Gasteiger partial charge in [-0.05, 0) is 6.92 Å². The summed E-state index contributed by atoms with van der Waals surface area (Å²) in [7, 11) is 1.49. The molecule has 0 aromatic carbocycles. The molecule has 0 radical (unpaired) electrons. The second kappa shape index (κ2) is 3.80. The van der Waals surface area contributed by atoms with Gasteiger partial charge in [-0.25, -0.2) is 10.4 Å². The van der Waals surface area contributed by atoms with Crippen molar-refractivity contribution in [3.05, 3.63) is 5.21 Å². The molecule has 8 heavy (non-hydrogen) atoms. The zero-order valence-corrected chi connectivity index (χ0v) is 5.05. The summed E-state index contributed by atoms with van der Waals surface area (Å²) < 4.78 is 4.58. The molecule has 2 atom stereocenters. The molecule has 0 aliphatic heterocycles. The van der Waals surface area contributed by atoms with Crippen molar-refractivity contribution in [1.82, 2.24) is 0 Å². The predicted molar refractivity (Wildman–Crippen MR) is 27.5 cm³/mol. The highest BCUT2D eigenvalue weighted by molar-refractivity contribution is 4.38. The fourth-order valence-corrected chi connectivity index (χ4v) is 0.321. The van der Waals surface area contributed by atoms with Crippen molar-refractivity contribution in [2.45, 2.75) is 13.0 Å². The van der Waals surface area contributed by atoms with Gasteiger partial charge in [0.05, 0.1) is 0 Å². The lowest BCUT2D eigenvalue weighted by Crippen LogP contribution is -3.09. The summed E-state index contributed by atoms with van der Waals surface area (Å²) in [5.41, 5.74) is 0. The third-order valence-electron chi connectivity index (χ3n) is 0.838. The van der Waals surface area contributed by atoms with E-state index in [1.165, 1.54) is 7.11 Å². The summed E-state index contributed by atoms with van der Waals surface area (Å²) in [6, 6.07) is -0.389. The van der Waals surface area contributed by atoms with Crippen LogP contribution in [-0.4, -0.2) is 25.0 Å². The van der Waals surface area contributed by atoms with E-state index < -0.39 is 5.23 Å². The molecular weight excluding hydrogens is 110 g/mol. The van der Waals surface area contributed by atoms with Crippen molar-refractivity contribution >= 4 is 0 Å². The predicted octanol–water partition coefficient (Wildman–Crippen LogP) is -1.21. The molecule has 0 heterocycles. The Hall–Kier alpha value is -0.160. The van der Waals surface area contributed by atoms with Crippen LogP contribution >= 0.6 is 0 Å². The molecule has 2 unspecified atom stereocenters. The van der Waals surface area contributed by atoms with Gasteiger partial charge in [0.25, 0.3) is 0 Å². The van der Waals surface area contributed by atoms with E-state index in [2.05, 4.69) is 4.74 Å². The first kappa shape index (κ1) is 7.84. The zero-order chi connectivity index (χ0) is 6.57. The average molecular weight is 121 g/mol. The number of hydrogen-bond acceptors (Lipinski definition) is 3. The fourth-order valence-electron chi connectivity index (χ4n) is 0.321. The van der Waals surface area contributed by atoms with E-state index in [1.54, 1.807) is 6.92 Å². The van der Waals surface area contributed by atoms with Crippen LogP contribution in [0.25, 0.3) is 0 Å². The van der Waals surface area contributed by atoms with Gasteiger partial charge in [0.1, 0.15) is 12.6 Å². The second-order valence-corrected chi connectivity index (χ2v) is 1.69. The number of hydrogen-bond donors (Lipinski definition) is 2. The van der Waals surface area contributed by atoms with E-state index in [9.17, 15) is 5.21 Å². The van der Waals surface area contributed by atoms with E-state index >= 15 is 0 Å². The quantitative estimate of drug-likeness (QED) is 0.461. The molecule has 0 aliphatic carbocycles. The van der Waals surface area contributed by atoms with Gasteiger partial charge >= 0.3 is 0 Å². The zero-order valence-electron chi connectivity index (χ0n) is 5.05. The third-order valence-corrected chi connectivity index (χ3v) is 0.838. The standard InChI is InChI=1S/C4H11NO3/c1-4(3-8-2)5(6)7/h4-6H,3H2,1-2H3. The van der Waals surface area contributed by atoms with Gasteiger partial charge < -0.3 is 9.94 Å². The highest BCUT2D eigenvalue weighted by Gasteiger charge is 2.04. The molecule has 0 aromatic heterocycles. The lowest BCUT2D eigenvalue weighted by atomic mass is 10.4. The van der Waals surface area contributed by atoms with Gasteiger partial charge in [-0.2, -0.15) is 0 Å². The Morgan fingerprint density at radius 1 is 1.88 bits per heavy atom. The smallest absolute Gasteiger partial charge is 0.137 e. The third kappa shape index (κ3) is 2.92. The van der Waals surface area contributed by atoms with Crippen LogP contribution in [0.15, 0.2) is 0 Å². The highest BCUT2D eigenvalue weighted by Crippen LogP contribution is 1.72. The summed E-state index contributed by atoms with van der Waals surface area (Å²) in [6.45, 7) is 1.89. The van der Waals surface area contributed by atoms with Gasteiger partial charge in [0, 0.05) is 7.11 Å². The molecule has 0 rings (SSSR count). The maximum Gasteiger partial charge on any atom is 0.137 e. The van der Waals surface area contributed by atoms with Crippen LogP contribution < -0.4 is 5.23 Å². The van der Waals surface area contributed by atoms with Crippen LogP contribution in [0.1, 0.15) is 6.92 Å². The minimum atomic E-state index is -0.813. The Morgan fingerprint density at radius 2 is 2.38 bits per heavy atom. The summed E-state index contributed by atoms with van der Waals surface area (Å²) in [6.07, 6.45) is 0. The summed E-state index contributed by atoms with van der Waals surface area (Å²) in [5.74, 6) is 0. The number of nitrogens with one attached hydrogen (secondary N) is 1. The lowest BCUT2D eigenvalue weighted by molar-refractivity contribution is -1.07. The Morgan fingerprint density at radius 3 is 2.50 bits per heavy atom. The molecule has 2 N–H and O–H groups in total. The van der Waals surface area contributed by atoms with Gasteiger partial charge in [0.15, 0.2) is 0 Å². The molecule has 0 bridgehead atoms. The number of hydroxylamine groups is 2. The van der Waals surface area contributed by atoms with Crippen LogP contribution in [0.3, 0.4) is 0 Å².